The van der Waals surface area contributed by atoms with Gasteiger partial charge in [-0.05, 0) is 25.4 Å². The zero-order valence-electron chi connectivity index (χ0n) is 9.82. The molecule has 86 valence electrons. The monoisotopic (exact) mass is 219 g/mol. The van der Waals surface area contributed by atoms with Crippen molar-refractivity contribution in [3.05, 3.63) is 0 Å². The van der Waals surface area contributed by atoms with Crippen LogP contribution in [0.1, 0.15) is 52.4 Å². The normalized spacial score (nSPS) is 13.1. The molecule has 0 fully saturated rings. The van der Waals surface area contributed by atoms with Gasteiger partial charge < -0.3 is 5.32 Å². The number of halogens is 1. The molecule has 0 radical (unpaired) electrons. The quantitative estimate of drug-likeness (QED) is 0.435. The molecule has 0 aromatic rings. The Morgan fingerprint density at radius 1 is 1.07 bits per heavy atom. The molecular formula is C12H26ClN. The first kappa shape index (κ1) is 14.2. The first-order valence-corrected chi connectivity index (χ1v) is 6.61. The molecule has 0 aliphatic heterocycles. The van der Waals surface area contributed by atoms with Gasteiger partial charge in [-0.25, -0.2) is 0 Å². The second kappa shape index (κ2) is 11.3. The Kier molecular flexibility index (Phi) is 11.5. The van der Waals surface area contributed by atoms with E-state index in [2.05, 4.69) is 19.2 Å². The second-order valence-corrected chi connectivity index (χ2v) is 4.54. The van der Waals surface area contributed by atoms with Gasteiger partial charge in [-0.1, -0.05) is 46.0 Å². The fourth-order valence-corrected chi connectivity index (χ4v) is 1.54. The van der Waals surface area contributed by atoms with E-state index in [0.29, 0.717) is 5.92 Å². The van der Waals surface area contributed by atoms with E-state index in [0.717, 1.165) is 19.0 Å². The summed E-state index contributed by atoms with van der Waals surface area (Å²) >= 11 is 5.71. The summed E-state index contributed by atoms with van der Waals surface area (Å²) in [6.45, 7) is 6.67. The zero-order chi connectivity index (χ0) is 10.6. The molecule has 1 N–H and O–H groups in total. The largest absolute Gasteiger partial charge is 0.316 e. The fraction of sp³-hybridized carbons (Fsp3) is 1.00. The molecule has 0 bridgehead atoms. The van der Waals surface area contributed by atoms with Gasteiger partial charge in [0.2, 0.25) is 0 Å². The Labute approximate surface area is 94.6 Å². The highest BCUT2D eigenvalue weighted by Crippen LogP contribution is 2.04. The summed E-state index contributed by atoms with van der Waals surface area (Å²) < 4.78 is 0. The van der Waals surface area contributed by atoms with Crippen LogP contribution >= 0.6 is 11.6 Å². The molecule has 1 nitrogen and oxygen atoms in total. The molecule has 0 rings (SSSR count). The molecule has 0 aromatic heterocycles. The van der Waals surface area contributed by atoms with Crippen LogP contribution in [0.4, 0.5) is 0 Å². The van der Waals surface area contributed by atoms with Gasteiger partial charge in [0.25, 0.3) is 0 Å². The van der Waals surface area contributed by atoms with Crippen LogP contribution in [0.25, 0.3) is 0 Å². The standard InChI is InChI=1S/C12H26ClN/c1-3-4-5-6-7-8-9-14-11-12(2)10-13/h12,14H,3-11H2,1-2H3. The lowest BCUT2D eigenvalue weighted by Gasteiger charge is -2.08. The Balaban J connectivity index is 2.92. The number of alkyl halides is 1. The molecule has 0 heterocycles. The van der Waals surface area contributed by atoms with Crippen LogP contribution in [-0.4, -0.2) is 19.0 Å². The summed E-state index contributed by atoms with van der Waals surface area (Å²) in [6.07, 6.45) is 8.25. The molecule has 0 aliphatic carbocycles. The van der Waals surface area contributed by atoms with E-state index in [1.54, 1.807) is 0 Å². The average Bonchev–Trinajstić information content (AvgIpc) is 2.21. The minimum absolute atomic E-state index is 0.608. The Hall–Kier alpha value is 0.250. The summed E-state index contributed by atoms with van der Waals surface area (Å²) in [5.41, 5.74) is 0. The second-order valence-electron chi connectivity index (χ2n) is 4.23. The van der Waals surface area contributed by atoms with Gasteiger partial charge >= 0.3 is 0 Å². The highest BCUT2D eigenvalue weighted by molar-refractivity contribution is 6.18. The first-order valence-electron chi connectivity index (χ1n) is 6.08. The van der Waals surface area contributed by atoms with Gasteiger partial charge in [0.1, 0.15) is 0 Å². The molecule has 0 aliphatic rings. The van der Waals surface area contributed by atoms with Crippen LogP contribution < -0.4 is 5.32 Å². The predicted octanol–water partition coefficient (Wildman–Crippen LogP) is 3.81. The van der Waals surface area contributed by atoms with E-state index < -0.39 is 0 Å². The number of hydrogen-bond acceptors (Lipinski definition) is 1. The number of rotatable bonds is 10. The topological polar surface area (TPSA) is 12.0 Å². The van der Waals surface area contributed by atoms with E-state index in [4.69, 9.17) is 11.6 Å². The number of hydrogen-bond donors (Lipinski definition) is 1. The molecule has 0 aromatic carbocycles. The van der Waals surface area contributed by atoms with E-state index >= 15 is 0 Å². The van der Waals surface area contributed by atoms with E-state index in [9.17, 15) is 0 Å². The lowest BCUT2D eigenvalue weighted by Crippen LogP contribution is -2.22. The third-order valence-corrected chi connectivity index (χ3v) is 2.99. The number of unbranched alkanes of at least 4 members (excludes halogenated alkanes) is 5. The molecule has 0 spiro atoms. The van der Waals surface area contributed by atoms with Crippen LogP contribution in [0.15, 0.2) is 0 Å². The lowest BCUT2D eigenvalue weighted by molar-refractivity contribution is 0.525. The molecule has 0 saturated heterocycles. The molecule has 14 heavy (non-hydrogen) atoms. The van der Waals surface area contributed by atoms with Crippen molar-refractivity contribution in [1.82, 2.24) is 5.32 Å². The Morgan fingerprint density at radius 3 is 2.36 bits per heavy atom. The van der Waals surface area contributed by atoms with Crippen LogP contribution in [0, 0.1) is 5.92 Å². The van der Waals surface area contributed by atoms with Crippen LogP contribution in [0.5, 0.6) is 0 Å². The molecule has 0 saturated carbocycles. The predicted molar refractivity (Wildman–Crippen MR) is 66.1 cm³/mol. The maximum Gasteiger partial charge on any atom is 0.0261 e. The molecule has 1 unspecified atom stereocenters. The lowest BCUT2D eigenvalue weighted by atomic mass is 10.1. The summed E-state index contributed by atoms with van der Waals surface area (Å²) in [7, 11) is 0. The Bertz CT molecular complexity index is 106. The minimum atomic E-state index is 0.608. The summed E-state index contributed by atoms with van der Waals surface area (Å²) in [4.78, 5) is 0. The van der Waals surface area contributed by atoms with Gasteiger partial charge in [-0.2, -0.15) is 0 Å². The van der Waals surface area contributed by atoms with Crippen molar-refractivity contribution in [2.45, 2.75) is 52.4 Å². The van der Waals surface area contributed by atoms with Crippen molar-refractivity contribution in [3.8, 4) is 0 Å². The third kappa shape index (κ3) is 10.3. The van der Waals surface area contributed by atoms with Crippen molar-refractivity contribution in [3.63, 3.8) is 0 Å². The van der Waals surface area contributed by atoms with Crippen molar-refractivity contribution in [1.29, 1.82) is 0 Å². The van der Waals surface area contributed by atoms with Crippen LogP contribution in [0.2, 0.25) is 0 Å². The minimum Gasteiger partial charge on any atom is -0.316 e. The van der Waals surface area contributed by atoms with Gasteiger partial charge in [0.05, 0.1) is 0 Å². The van der Waals surface area contributed by atoms with Crippen molar-refractivity contribution in [2.75, 3.05) is 19.0 Å². The summed E-state index contributed by atoms with van der Waals surface area (Å²) in [5, 5.41) is 3.44. The van der Waals surface area contributed by atoms with Crippen LogP contribution in [0.3, 0.4) is 0 Å². The summed E-state index contributed by atoms with van der Waals surface area (Å²) in [6, 6.07) is 0. The van der Waals surface area contributed by atoms with Gasteiger partial charge in [0.15, 0.2) is 0 Å². The Morgan fingerprint density at radius 2 is 1.71 bits per heavy atom. The highest BCUT2D eigenvalue weighted by Gasteiger charge is 1.97. The number of nitrogens with one attached hydrogen (secondary N) is 1. The average molecular weight is 220 g/mol. The van der Waals surface area contributed by atoms with Crippen molar-refractivity contribution < 1.29 is 0 Å². The molecular weight excluding hydrogens is 194 g/mol. The van der Waals surface area contributed by atoms with Gasteiger partial charge in [-0.3, -0.25) is 0 Å². The molecule has 1 atom stereocenters. The third-order valence-electron chi connectivity index (χ3n) is 2.46. The maximum atomic E-state index is 5.71. The van der Waals surface area contributed by atoms with E-state index in [1.165, 1.54) is 38.5 Å². The molecule has 2 heteroatoms. The molecule has 0 amide bonds. The first-order chi connectivity index (χ1) is 6.81. The fourth-order valence-electron chi connectivity index (χ4n) is 1.43. The smallest absolute Gasteiger partial charge is 0.0261 e. The van der Waals surface area contributed by atoms with Crippen LogP contribution in [-0.2, 0) is 0 Å². The van der Waals surface area contributed by atoms with Crippen molar-refractivity contribution in [2.24, 2.45) is 5.92 Å². The summed E-state index contributed by atoms with van der Waals surface area (Å²) in [5.74, 6) is 1.38. The van der Waals surface area contributed by atoms with Gasteiger partial charge in [-0.15, -0.1) is 11.6 Å². The van der Waals surface area contributed by atoms with E-state index in [1.807, 2.05) is 0 Å². The zero-order valence-corrected chi connectivity index (χ0v) is 10.6. The SMILES string of the molecule is CCCCCCCCNCC(C)CCl. The van der Waals surface area contributed by atoms with E-state index in [-0.39, 0.29) is 0 Å². The highest BCUT2D eigenvalue weighted by atomic mass is 35.5. The van der Waals surface area contributed by atoms with Gasteiger partial charge in [0, 0.05) is 5.88 Å². The van der Waals surface area contributed by atoms with Crippen molar-refractivity contribution >= 4 is 11.6 Å². The maximum absolute atomic E-state index is 5.71.